The Morgan fingerprint density at radius 3 is 2.83 bits per heavy atom. The maximum Gasteiger partial charge on any atom is 0.191 e. The smallest absolute Gasteiger partial charge is 0.191 e. The summed E-state index contributed by atoms with van der Waals surface area (Å²) < 4.78 is 10.4. The van der Waals surface area contributed by atoms with Gasteiger partial charge in [0, 0.05) is 71.8 Å². The number of guanidine groups is 1. The van der Waals surface area contributed by atoms with Crippen LogP contribution in [0.3, 0.4) is 0 Å². The number of nitrogens with zero attached hydrogens (tertiary/aromatic N) is 3. The van der Waals surface area contributed by atoms with Crippen molar-refractivity contribution in [1.82, 2.24) is 15.5 Å². The van der Waals surface area contributed by atoms with E-state index in [0.29, 0.717) is 5.92 Å². The number of hydrogen-bond acceptors (Lipinski definition) is 5. The van der Waals surface area contributed by atoms with Crippen molar-refractivity contribution in [3.63, 3.8) is 0 Å². The Bertz CT molecular complexity index is 602. The molecule has 1 aliphatic rings. The molecule has 0 amide bonds. The van der Waals surface area contributed by atoms with E-state index in [0.717, 1.165) is 64.0 Å². The molecule has 1 aliphatic heterocycles. The third-order valence-electron chi connectivity index (χ3n) is 5.16. The van der Waals surface area contributed by atoms with Crippen LogP contribution in [0.2, 0.25) is 0 Å². The van der Waals surface area contributed by atoms with E-state index >= 15 is 0 Å². The molecule has 1 aromatic rings. The zero-order valence-electron chi connectivity index (χ0n) is 18.3. The molecule has 0 radical (unpaired) electrons. The van der Waals surface area contributed by atoms with Gasteiger partial charge in [0.25, 0.3) is 0 Å². The number of anilines is 1. The molecular formula is C21H38IN5O2. The fourth-order valence-corrected chi connectivity index (χ4v) is 3.46. The third-order valence-corrected chi connectivity index (χ3v) is 5.16. The normalized spacial score (nSPS) is 16.7. The second-order valence-corrected chi connectivity index (χ2v) is 7.33. The van der Waals surface area contributed by atoms with E-state index in [9.17, 15) is 0 Å². The minimum absolute atomic E-state index is 0. The van der Waals surface area contributed by atoms with Gasteiger partial charge < -0.3 is 29.9 Å². The van der Waals surface area contributed by atoms with Crippen LogP contribution in [0.1, 0.15) is 12.8 Å². The Morgan fingerprint density at radius 1 is 1.28 bits per heavy atom. The number of hydrogen-bond donors (Lipinski definition) is 2. The maximum atomic E-state index is 5.34. The average Bonchev–Trinajstić information content (AvgIpc) is 3.20. The largest absolute Gasteiger partial charge is 0.497 e. The molecule has 7 nitrogen and oxygen atoms in total. The third kappa shape index (κ3) is 9.39. The molecular weight excluding hydrogens is 481 g/mol. The monoisotopic (exact) mass is 519 g/mol. The van der Waals surface area contributed by atoms with Crippen LogP contribution in [0.15, 0.2) is 29.3 Å². The summed E-state index contributed by atoms with van der Waals surface area (Å²) in [4.78, 5) is 9.09. The standard InChI is InChI=1S/C21H37N5O2.HI/c1-22-21(23-10-13-25(2)11-6-14-27-3)24-16-18-9-12-26(17-18)19-7-5-8-20(15-19)28-4;/h5,7-8,15,18H,6,9-14,16-17H2,1-4H3,(H2,22,23,24);1H. The van der Waals surface area contributed by atoms with Gasteiger partial charge in [-0.2, -0.15) is 0 Å². The van der Waals surface area contributed by atoms with Gasteiger partial charge in [-0.25, -0.2) is 0 Å². The van der Waals surface area contributed by atoms with E-state index in [1.54, 1.807) is 14.2 Å². The first-order valence-electron chi connectivity index (χ1n) is 10.2. The second-order valence-electron chi connectivity index (χ2n) is 7.33. The van der Waals surface area contributed by atoms with Gasteiger partial charge in [0.2, 0.25) is 0 Å². The van der Waals surface area contributed by atoms with Crippen molar-refractivity contribution in [1.29, 1.82) is 0 Å². The Morgan fingerprint density at radius 2 is 2.10 bits per heavy atom. The lowest BCUT2D eigenvalue weighted by atomic mass is 10.1. The SMILES string of the molecule is CN=C(NCCN(C)CCCOC)NCC1CCN(c2cccc(OC)c2)C1.I. The number of ether oxygens (including phenoxy) is 2. The molecule has 1 unspecified atom stereocenters. The van der Waals surface area contributed by atoms with Crippen LogP contribution in [0.5, 0.6) is 5.75 Å². The lowest BCUT2D eigenvalue weighted by Crippen LogP contribution is -2.43. The van der Waals surface area contributed by atoms with Gasteiger partial charge in [0.1, 0.15) is 5.75 Å². The lowest BCUT2D eigenvalue weighted by molar-refractivity contribution is 0.180. The summed E-state index contributed by atoms with van der Waals surface area (Å²) in [6.45, 7) is 6.79. The molecule has 166 valence electrons. The molecule has 1 fully saturated rings. The quantitative estimate of drug-likeness (QED) is 0.203. The second kappa shape index (κ2) is 14.7. The first kappa shape index (κ1) is 25.8. The number of methoxy groups -OCH3 is 2. The van der Waals surface area contributed by atoms with Crippen molar-refractivity contribution >= 4 is 35.6 Å². The molecule has 29 heavy (non-hydrogen) atoms. The molecule has 1 saturated heterocycles. The van der Waals surface area contributed by atoms with Crippen LogP contribution in [0, 0.1) is 5.92 Å². The Hall–Kier alpha value is -1.26. The summed E-state index contributed by atoms with van der Waals surface area (Å²) in [5.41, 5.74) is 1.24. The predicted octanol–water partition coefficient (Wildman–Crippen LogP) is 2.27. The van der Waals surface area contributed by atoms with Gasteiger partial charge in [-0.15, -0.1) is 24.0 Å². The summed E-state index contributed by atoms with van der Waals surface area (Å²) in [6.07, 6.45) is 2.24. The highest BCUT2D eigenvalue weighted by molar-refractivity contribution is 14.0. The predicted molar refractivity (Wildman–Crippen MR) is 132 cm³/mol. The van der Waals surface area contributed by atoms with Crippen molar-refractivity contribution in [2.45, 2.75) is 12.8 Å². The molecule has 2 rings (SSSR count). The molecule has 0 bridgehead atoms. The summed E-state index contributed by atoms with van der Waals surface area (Å²) >= 11 is 0. The van der Waals surface area contributed by atoms with Gasteiger partial charge in [-0.3, -0.25) is 4.99 Å². The molecule has 0 saturated carbocycles. The number of halogens is 1. The van der Waals surface area contributed by atoms with Crippen LogP contribution in [0.25, 0.3) is 0 Å². The highest BCUT2D eigenvalue weighted by Gasteiger charge is 2.23. The van der Waals surface area contributed by atoms with Crippen LogP contribution in [-0.4, -0.2) is 85.0 Å². The fraction of sp³-hybridized carbons (Fsp3) is 0.667. The zero-order valence-corrected chi connectivity index (χ0v) is 20.6. The van der Waals surface area contributed by atoms with Gasteiger partial charge in [0.05, 0.1) is 7.11 Å². The van der Waals surface area contributed by atoms with E-state index in [2.05, 4.69) is 50.7 Å². The Balaban J connectivity index is 0.00000420. The molecule has 0 aromatic heterocycles. The highest BCUT2D eigenvalue weighted by Crippen LogP contribution is 2.26. The van der Waals surface area contributed by atoms with E-state index < -0.39 is 0 Å². The van der Waals surface area contributed by atoms with E-state index in [1.165, 1.54) is 12.1 Å². The first-order chi connectivity index (χ1) is 13.7. The molecule has 2 N–H and O–H groups in total. The topological polar surface area (TPSA) is 61.4 Å². The van der Waals surface area contributed by atoms with Crippen molar-refractivity contribution in [3.8, 4) is 5.75 Å². The van der Waals surface area contributed by atoms with Gasteiger partial charge in [-0.05, 0) is 37.9 Å². The summed E-state index contributed by atoms with van der Waals surface area (Å²) in [5, 5.41) is 6.89. The molecule has 1 heterocycles. The first-order valence-corrected chi connectivity index (χ1v) is 10.2. The van der Waals surface area contributed by atoms with Gasteiger partial charge >= 0.3 is 0 Å². The number of aliphatic imine (C=N–C) groups is 1. The number of benzene rings is 1. The van der Waals surface area contributed by atoms with Crippen LogP contribution >= 0.6 is 24.0 Å². The van der Waals surface area contributed by atoms with E-state index in [1.807, 2.05) is 13.1 Å². The van der Waals surface area contributed by atoms with Gasteiger partial charge in [0.15, 0.2) is 5.96 Å². The minimum Gasteiger partial charge on any atom is -0.497 e. The van der Waals surface area contributed by atoms with Crippen LogP contribution in [-0.2, 0) is 4.74 Å². The van der Waals surface area contributed by atoms with Gasteiger partial charge in [-0.1, -0.05) is 6.07 Å². The van der Waals surface area contributed by atoms with E-state index in [-0.39, 0.29) is 24.0 Å². The van der Waals surface area contributed by atoms with Crippen LogP contribution in [0.4, 0.5) is 5.69 Å². The van der Waals surface area contributed by atoms with Crippen molar-refractivity contribution in [2.24, 2.45) is 10.9 Å². The molecule has 0 spiro atoms. The molecule has 1 aromatic carbocycles. The summed E-state index contributed by atoms with van der Waals surface area (Å²) in [7, 11) is 7.43. The summed E-state index contributed by atoms with van der Waals surface area (Å²) in [5.74, 6) is 2.41. The Kier molecular flexibility index (Phi) is 13.0. The molecule has 0 aliphatic carbocycles. The van der Waals surface area contributed by atoms with E-state index in [4.69, 9.17) is 9.47 Å². The van der Waals surface area contributed by atoms with Crippen molar-refractivity contribution in [3.05, 3.63) is 24.3 Å². The average molecular weight is 519 g/mol. The minimum atomic E-state index is 0. The van der Waals surface area contributed by atoms with Crippen LogP contribution < -0.4 is 20.3 Å². The summed E-state index contributed by atoms with van der Waals surface area (Å²) in [6, 6.07) is 8.31. The number of likely N-dealkylation sites (N-methyl/N-ethyl adjacent to an activating group) is 1. The lowest BCUT2D eigenvalue weighted by Gasteiger charge is -2.20. The van der Waals surface area contributed by atoms with Crippen molar-refractivity contribution in [2.75, 3.05) is 79.1 Å². The molecule has 1 atom stereocenters. The highest BCUT2D eigenvalue weighted by atomic mass is 127. The Labute approximate surface area is 193 Å². The zero-order chi connectivity index (χ0) is 20.2. The molecule has 8 heteroatoms. The number of nitrogens with one attached hydrogen (secondary N) is 2. The number of rotatable bonds is 11. The fourth-order valence-electron chi connectivity index (χ4n) is 3.46. The van der Waals surface area contributed by atoms with Crippen molar-refractivity contribution < 1.29 is 9.47 Å². The maximum absolute atomic E-state index is 5.34.